The van der Waals surface area contributed by atoms with Gasteiger partial charge in [0.25, 0.3) is 0 Å². The monoisotopic (exact) mass is 650 g/mol. The summed E-state index contributed by atoms with van der Waals surface area (Å²) in [6.07, 6.45) is 9.94. The quantitative estimate of drug-likeness (QED) is 0.0782. The number of ether oxygens (including phenoxy) is 1. The molecule has 0 saturated carbocycles. The predicted molar refractivity (Wildman–Crippen MR) is 169 cm³/mol. The number of hydrogen-bond acceptors (Lipinski definition) is 5. The molecular formula is C35H40BrO5P. The van der Waals surface area contributed by atoms with Crippen LogP contribution in [-0.4, -0.2) is 34.1 Å². The van der Waals surface area contributed by atoms with E-state index in [4.69, 9.17) is 4.74 Å². The molecule has 3 N–H and O–H groups in total. The van der Waals surface area contributed by atoms with E-state index in [1.54, 1.807) is 0 Å². The van der Waals surface area contributed by atoms with Gasteiger partial charge in [-0.25, -0.2) is 4.79 Å². The first-order chi connectivity index (χ1) is 20.0. The summed E-state index contributed by atoms with van der Waals surface area (Å²) < 4.78 is 5.24. The molecule has 42 heavy (non-hydrogen) atoms. The van der Waals surface area contributed by atoms with Gasteiger partial charge in [-0.1, -0.05) is 86.7 Å². The molecule has 0 unspecified atom stereocenters. The number of aromatic hydroxyl groups is 3. The number of halogens is 1. The number of carbonyl (C=O) groups excluding carboxylic acids is 1. The van der Waals surface area contributed by atoms with Gasteiger partial charge in [0, 0.05) is 0 Å². The Morgan fingerprint density at radius 3 is 1.38 bits per heavy atom. The molecule has 0 amide bonds. The summed E-state index contributed by atoms with van der Waals surface area (Å²) in [6, 6.07) is 35.3. The maximum atomic E-state index is 12.1. The zero-order chi connectivity index (χ0) is 28.9. The fourth-order valence-corrected chi connectivity index (χ4v) is 9.77. The number of phenols is 3. The molecule has 0 radical (unpaired) electrons. The van der Waals surface area contributed by atoms with Crippen molar-refractivity contribution in [3.05, 3.63) is 109 Å². The molecule has 0 fully saturated rings. The summed E-state index contributed by atoms with van der Waals surface area (Å²) in [5.41, 5.74) is 0.0102. The van der Waals surface area contributed by atoms with Crippen molar-refractivity contribution in [1.29, 1.82) is 0 Å². The van der Waals surface area contributed by atoms with Crippen LogP contribution in [0.25, 0.3) is 0 Å². The number of phenolic OH excluding ortho intramolecular Hbond substituents is 3. The molecule has 4 aromatic rings. The minimum Gasteiger partial charge on any atom is -1.00 e. The van der Waals surface area contributed by atoms with E-state index in [2.05, 4.69) is 91.0 Å². The second-order valence-corrected chi connectivity index (χ2v) is 14.0. The lowest BCUT2D eigenvalue weighted by Crippen LogP contribution is -3.00. The van der Waals surface area contributed by atoms with Gasteiger partial charge in [-0.3, -0.25) is 0 Å². The van der Waals surface area contributed by atoms with Gasteiger partial charge >= 0.3 is 5.97 Å². The molecule has 0 aliphatic rings. The molecule has 0 aliphatic heterocycles. The van der Waals surface area contributed by atoms with Crippen LogP contribution in [0.2, 0.25) is 0 Å². The maximum Gasteiger partial charge on any atom is 0.338 e. The molecule has 222 valence electrons. The van der Waals surface area contributed by atoms with Crippen molar-refractivity contribution in [3.8, 4) is 17.2 Å². The van der Waals surface area contributed by atoms with Gasteiger partial charge in [0.15, 0.2) is 17.2 Å². The molecule has 7 heteroatoms. The van der Waals surface area contributed by atoms with E-state index in [-0.39, 0.29) is 29.2 Å². The third-order valence-corrected chi connectivity index (χ3v) is 12.0. The van der Waals surface area contributed by atoms with Gasteiger partial charge in [-0.15, -0.1) is 0 Å². The van der Waals surface area contributed by atoms with Crippen LogP contribution in [0.5, 0.6) is 17.2 Å². The van der Waals surface area contributed by atoms with E-state index in [0.717, 1.165) is 44.0 Å². The van der Waals surface area contributed by atoms with Crippen molar-refractivity contribution in [2.24, 2.45) is 0 Å². The van der Waals surface area contributed by atoms with E-state index < -0.39 is 30.5 Å². The Morgan fingerprint density at radius 2 is 0.952 bits per heavy atom. The highest BCUT2D eigenvalue weighted by Gasteiger charge is 2.44. The Morgan fingerprint density at radius 1 is 0.571 bits per heavy atom. The van der Waals surface area contributed by atoms with E-state index in [1.807, 2.05) is 0 Å². The average molecular weight is 652 g/mol. The van der Waals surface area contributed by atoms with Crippen LogP contribution in [0.1, 0.15) is 61.7 Å². The minimum absolute atomic E-state index is 0. The van der Waals surface area contributed by atoms with Crippen molar-refractivity contribution in [1.82, 2.24) is 0 Å². The van der Waals surface area contributed by atoms with E-state index in [0.29, 0.717) is 0 Å². The Labute approximate surface area is 260 Å². The number of carbonyl (C=O) groups is 1. The fraction of sp³-hybridized carbons (Fsp3) is 0.286. The molecule has 0 bridgehead atoms. The van der Waals surface area contributed by atoms with Crippen LogP contribution in [0.4, 0.5) is 0 Å². The highest BCUT2D eigenvalue weighted by molar-refractivity contribution is 7.95. The third-order valence-electron chi connectivity index (χ3n) is 7.52. The number of unbranched alkanes of at least 4 members (excludes halogenated alkanes) is 7. The van der Waals surface area contributed by atoms with E-state index in [9.17, 15) is 20.1 Å². The normalized spacial score (nSPS) is 11.0. The Hall–Kier alpha value is -3.34. The molecule has 4 aromatic carbocycles. The largest absolute Gasteiger partial charge is 1.00 e. The topological polar surface area (TPSA) is 87.0 Å². The first-order valence-electron chi connectivity index (χ1n) is 14.5. The smallest absolute Gasteiger partial charge is 0.338 e. The standard InChI is InChI=1S/C35H39O5P.BrH/c36-32-26-28(27-33(37)34(32)38)35(39)40-24-16-5-3-1-2-4-6-17-25-41(29-18-10-7-11-19-29,30-20-12-8-13-21-30)31-22-14-9-15-23-31;/h7-15,18-23,26-27H,1-6,16-17,24-25H2,(H2-,36,37,38,39);1H. The molecule has 5 nitrogen and oxygen atoms in total. The van der Waals surface area contributed by atoms with Crippen molar-refractivity contribution in [2.45, 2.75) is 51.4 Å². The number of esters is 1. The van der Waals surface area contributed by atoms with Crippen molar-refractivity contribution >= 4 is 29.1 Å². The lowest BCUT2D eigenvalue weighted by atomic mass is 10.1. The number of hydrogen-bond donors (Lipinski definition) is 3. The molecule has 4 rings (SSSR count). The number of rotatable bonds is 15. The second kappa shape index (κ2) is 16.9. The summed E-state index contributed by atoms with van der Waals surface area (Å²) >= 11 is 0. The Bertz CT molecular complexity index is 1250. The molecule has 0 aromatic heterocycles. The molecule has 0 heterocycles. The minimum atomic E-state index is -1.75. The molecule has 0 aliphatic carbocycles. The summed E-state index contributed by atoms with van der Waals surface area (Å²) in [4.78, 5) is 12.1. The van der Waals surface area contributed by atoms with E-state index in [1.165, 1.54) is 41.6 Å². The van der Waals surface area contributed by atoms with Gasteiger partial charge in [0.1, 0.15) is 23.2 Å². The van der Waals surface area contributed by atoms with Crippen LogP contribution in [0.3, 0.4) is 0 Å². The molecule has 0 atom stereocenters. The van der Waals surface area contributed by atoms with Gasteiger partial charge < -0.3 is 37.0 Å². The predicted octanol–water partition coefficient (Wildman–Crippen LogP) is 4.08. The summed E-state index contributed by atoms with van der Waals surface area (Å²) in [5.74, 6) is -2.38. The lowest BCUT2D eigenvalue weighted by molar-refractivity contribution is -0.0000285. The second-order valence-electron chi connectivity index (χ2n) is 10.4. The summed E-state index contributed by atoms with van der Waals surface area (Å²) in [6.45, 7) is 0.283. The highest BCUT2D eigenvalue weighted by atomic mass is 79.9. The van der Waals surface area contributed by atoms with Gasteiger partial charge in [-0.2, -0.15) is 0 Å². The van der Waals surface area contributed by atoms with Gasteiger partial charge in [0.2, 0.25) is 0 Å². The van der Waals surface area contributed by atoms with Crippen molar-refractivity contribution in [2.75, 3.05) is 12.8 Å². The Balaban J connectivity index is 0.00000484. The van der Waals surface area contributed by atoms with Crippen LogP contribution in [0.15, 0.2) is 103 Å². The van der Waals surface area contributed by atoms with Crippen molar-refractivity contribution < 1.29 is 41.8 Å². The first kappa shape index (κ1) is 33.2. The zero-order valence-electron chi connectivity index (χ0n) is 23.9. The lowest BCUT2D eigenvalue weighted by Gasteiger charge is -2.27. The van der Waals surface area contributed by atoms with E-state index >= 15 is 0 Å². The molecular weight excluding hydrogens is 611 g/mol. The van der Waals surface area contributed by atoms with Crippen LogP contribution in [0, 0.1) is 0 Å². The van der Waals surface area contributed by atoms with Gasteiger partial charge in [0.05, 0.1) is 18.3 Å². The first-order valence-corrected chi connectivity index (χ1v) is 16.5. The summed E-state index contributed by atoms with van der Waals surface area (Å²) in [5, 5.41) is 32.8. The fourth-order valence-electron chi connectivity index (χ4n) is 5.36. The van der Waals surface area contributed by atoms with Crippen LogP contribution in [-0.2, 0) is 4.74 Å². The maximum absolute atomic E-state index is 12.1. The Kier molecular flexibility index (Phi) is 13.4. The van der Waals surface area contributed by atoms with Crippen LogP contribution < -0.4 is 32.9 Å². The van der Waals surface area contributed by atoms with Crippen molar-refractivity contribution in [3.63, 3.8) is 0 Å². The molecule has 0 saturated heterocycles. The average Bonchev–Trinajstić information content (AvgIpc) is 3.01. The summed E-state index contributed by atoms with van der Waals surface area (Å²) in [7, 11) is -1.75. The SMILES string of the molecule is O=C(OCCCCCCCCCC[P+](c1ccccc1)(c1ccccc1)c1ccccc1)c1cc(O)c(O)c(O)c1.[Br-]. The number of benzene rings is 4. The van der Waals surface area contributed by atoms with Crippen LogP contribution >= 0.6 is 7.26 Å². The molecule has 0 spiro atoms. The highest BCUT2D eigenvalue weighted by Crippen LogP contribution is 2.56. The zero-order valence-corrected chi connectivity index (χ0v) is 26.3. The van der Waals surface area contributed by atoms with Gasteiger partial charge in [-0.05, 0) is 67.8 Å². The third kappa shape index (κ3) is 8.59.